The number of rotatable bonds is 10. The van der Waals surface area contributed by atoms with Gasteiger partial charge in [0.2, 0.25) is 5.91 Å². The van der Waals surface area contributed by atoms with Crippen LogP contribution in [0, 0.1) is 56.7 Å². The van der Waals surface area contributed by atoms with Crippen LogP contribution >= 0.6 is 11.3 Å². The summed E-state index contributed by atoms with van der Waals surface area (Å²) in [5.41, 5.74) is 1.04. The van der Waals surface area contributed by atoms with E-state index in [-0.39, 0.29) is 39.9 Å². The van der Waals surface area contributed by atoms with Gasteiger partial charge in [-0.1, -0.05) is 46.8 Å². The van der Waals surface area contributed by atoms with Gasteiger partial charge in [0.1, 0.15) is 61.0 Å². The Labute approximate surface area is 433 Å². The van der Waals surface area contributed by atoms with Crippen molar-refractivity contribution in [3.63, 3.8) is 0 Å². The van der Waals surface area contributed by atoms with Crippen LogP contribution in [-0.4, -0.2) is 152 Å². The summed E-state index contributed by atoms with van der Waals surface area (Å²) in [5.74, 6) is 1.61. The van der Waals surface area contributed by atoms with Crippen molar-refractivity contribution in [1.29, 1.82) is 0 Å². The molecule has 3 saturated heterocycles. The highest BCUT2D eigenvalue weighted by Crippen LogP contribution is 2.78. The molecule has 9 N–H and O–H groups in total. The molecule has 408 valence electrons. The standard InChI is InChI=1S/C56H83NO15S/c1-26(2)31-14-20-56(51(66)57-30-10-12-34-29(24-30)17-23-73-34)22-21-54(8)32(38(31)56)11-13-36-53(7)18-16-37(52(5,6)35(53)15-19-55(36,54)9)70-50-47(72-49-44(64)42(62)40(60)28(4)68-49)45(65)46(33(25-58)69-50)71-48-43(63)41(61)39(59)27(3)67-48/h10,12,17,23-24,27-28,31-33,35-50,58-65H,1,11,13-16,18-22,25H2,2-9H3,(H,57,66)/t27-,28-,31-,32+,33+,35-,36+,37-,38+,39-,40-,41+,42+,43+,44+,45-,46+,47+,48-,49-,50-,53-,54+,55+,56-/m0/s1. The Kier molecular flexibility index (Phi) is 14.6. The van der Waals surface area contributed by atoms with Crippen LogP contribution in [0.2, 0.25) is 0 Å². The molecule has 1 aromatic heterocycles. The van der Waals surface area contributed by atoms with Crippen LogP contribution in [0.5, 0.6) is 0 Å². The Hall–Kier alpha value is -2.17. The number of allylic oxidation sites excluding steroid dienone is 1. The highest BCUT2D eigenvalue weighted by atomic mass is 32.1. The second kappa shape index (κ2) is 19.6. The van der Waals surface area contributed by atoms with E-state index in [1.165, 1.54) is 24.1 Å². The van der Waals surface area contributed by atoms with E-state index in [0.29, 0.717) is 18.3 Å². The first-order chi connectivity index (χ1) is 34.4. The molecule has 0 bridgehead atoms. The van der Waals surface area contributed by atoms with Crippen molar-refractivity contribution in [2.75, 3.05) is 11.9 Å². The van der Waals surface area contributed by atoms with Crippen molar-refractivity contribution >= 4 is 33.0 Å². The van der Waals surface area contributed by atoms with Gasteiger partial charge in [-0.25, -0.2) is 0 Å². The number of nitrogens with one attached hydrogen (secondary N) is 1. The summed E-state index contributed by atoms with van der Waals surface area (Å²) in [7, 11) is 0. The largest absolute Gasteiger partial charge is 0.394 e. The van der Waals surface area contributed by atoms with Crippen LogP contribution in [0.4, 0.5) is 5.69 Å². The molecule has 17 heteroatoms. The van der Waals surface area contributed by atoms with E-state index in [0.717, 1.165) is 68.9 Å². The Balaban J connectivity index is 0.898. The molecule has 5 aliphatic carbocycles. The Morgan fingerprint density at radius 2 is 1.36 bits per heavy atom. The number of benzene rings is 1. The molecule has 3 aliphatic heterocycles. The summed E-state index contributed by atoms with van der Waals surface area (Å²) in [6.07, 6.45) is -13.1. The first kappa shape index (κ1) is 54.2. The molecule has 4 heterocycles. The highest BCUT2D eigenvalue weighted by molar-refractivity contribution is 7.17. The molecule has 25 atom stereocenters. The van der Waals surface area contributed by atoms with Gasteiger partial charge in [-0.05, 0) is 171 Å². The molecular weight excluding hydrogens is 959 g/mol. The molecule has 8 fully saturated rings. The first-order valence-corrected chi connectivity index (χ1v) is 28.0. The number of thiophene rings is 1. The number of amides is 1. The van der Waals surface area contributed by atoms with Gasteiger partial charge in [-0.2, -0.15) is 0 Å². The van der Waals surface area contributed by atoms with Gasteiger partial charge in [0.25, 0.3) is 0 Å². The highest BCUT2D eigenvalue weighted by Gasteiger charge is 2.72. The molecule has 16 nitrogen and oxygen atoms in total. The fourth-order valence-corrected chi connectivity index (χ4v) is 18.0. The molecule has 0 spiro atoms. The molecule has 73 heavy (non-hydrogen) atoms. The summed E-state index contributed by atoms with van der Waals surface area (Å²) in [4.78, 5) is 14.9. The van der Waals surface area contributed by atoms with Gasteiger partial charge >= 0.3 is 0 Å². The SMILES string of the molecule is C=C(C)[C@@H]1CC[C@]2(C(=O)Nc3ccc4sccc4c3)CC[C@]3(C)[C@H](CC[C@@H]4[C@@]5(C)CC[C@H](O[C@@H]6O[C@H](CO)[C@@H](O[C@@H]7O[C@@H](C)[C@H](O)[C@@H](O)[C@H]7O)[C@H](O)[C@H]6O[C@@H]6O[C@@H](C)[C@H](O)[C@@H](O)[C@H]6O)C(C)(C)[C@@H]5CC[C@]43C)[C@@H]12. The van der Waals surface area contributed by atoms with Crippen molar-refractivity contribution in [3.8, 4) is 0 Å². The van der Waals surface area contributed by atoms with Crippen molar-refractivity contribution < 1.29 is 74.1 Å². The fraction of sp³-hybridized carbons (Fsp3) is 0.804. The van der Waals surface area contributed by atoms with E-state index in [1.54, 1.807) is 11.3 Å². The molecule has 1 amide bonds. The maximum absolute atomic E-state index is 14.9. The van der Waals surface area contributed by atoms with Crippen molar-refractivity contribution in [2.45, 2.75) is 218 Å². The minimum absolute atomic E-state index is 0.00365. The van der Waals surface area contributed by atoms with E-state index in [9.17, 15) is 45.6 Å². The van der Waals surface area contributed by atoms with Crippen LogP contribution in [0.1, 0.15) is 120 Å². The lowest BCUT2D eigenvalue weighted by Gasteiger charge is -2.73. The van der Waals surface area contributed by atoms with Crippen LogP contribution in [0.15, 0.2) is 41.8 Å². The van der Waals surface area contributed by atoms with Gasteiger partial charge in [0.05, 0.1) is 30.3 Å². The third kappa shape index (κ3) is 8.55. The average molecular weight is 1040 g/mol. The third-order valence-corrected chi connectivity index (χ3v) is 22.4. The van der Waals surface area contributed by atoms with E-state index in [4.69, 9.17) is 28.4 Å². The number of carbonyl (C=O) groups excluding carboxylic acids is 1. The fourth-order valence-electron chi connectivity index (χ4n) is 17.2. The molecular formula is C56H83NO15S. The maximum atomic E-state index is 14.9. The van der Waals surface area contributed by atoms with Gasteiger partial charge in [0.15, 0.2) is 18.9 Å². The minimum atomic E-state index is -1.74. The monoisotopic (exact) mass is 1040 g/mol. The predicted octanol–water partition coefficient (Wildman–Crippen LogP) is 5.39. The number of aliphatic hydroxyl groups excluding tert-OH is 8. The summed E-state index contributed by atoms with van der Waals surface area (Å²) < 4.78 is 38.7. The number of ether oxygens (including phenoxy) is 6. The first-order valence-electron chi connectivity index (χ1n) is 27.2. The molecule has 5 saturated carbocycles. The van der Waals surface area contributed by atoms with Crippen LogP contribution in [-0.2, 0) is 33.2 Å². The lowest BCUT2D eigenvalue weighted by molar-refractivity contribution is -0.393. The average Bonchev–Trinajstić information content (AvgIpc) is 3.99. The number of hydrogen-bond donors (Lipinski definition) is 9. The number of carbonyl (C=O) groups is 1. The number of fused-ring (bicyclic) bond motifs is 8. The summed E-state index contributed by atoms with van der Waals surface area (Å²) in [6, 6.07) is 8.36. The smallest absolute Gasteiger partial charge is 0.230 e. The quantitative estimate of drug-likeness (QED) is 0.107. The maximum Gasteiger partial charge on any atom is 0.230 e. The normalized spacial score (nSPS) is 50.5. The molecule has 2 aromatic rings. The zero-order chi connectivity index (χ0) is 52.5. The minimum Gasteiger partial charge on any atom is -0.394 e. The summed E-state index contributed by atoms with van der Waals surface area (Å²) >= 11 is 1.70. The molecule has 0 unspecified atom stereocenters. The number of anilines is 1. The van der Waals surface area contributed by atoms with Gasteiger partial charge in [-0.15, -0.1) is 11.3 Å². The zero-order valence-electron chi connectivity index (χ0n) is 43.8. The number of aliphatic hydroxyl groups is 8. The van der Waals surface area contributed by atoms with E-state index in [2.05, 4.69) is 77.0 Å². The van der Waals surface area contributed by atoms with Crippen molar-refractivity contribution in [1.82, 2.24) is 0 Å². The summed E-state index contributed by atoms with van der Waals surface area (Å²) in [6.45, 7) is 21.2. The Bertz CT molecular complexity index is 2350. The van der Waals surface area contributed by atoms with E-state index >= 15 is 0 Å². The summed E-state index contributed by atoms with van der Waals surface area (Å²) in [5, 5.41) is 93.9. The predicted molar refractivity (Wildman–Crippen MR) is 271 cm³/mol. The van der Waals surface area contributed by atoms with Crippen molar-refractivity contribution in [3.05, 3.63) is 41.8 Å². The molecule has 1 aromatic carbocycles. The van der Waals surface area contributed by atoms with Crippen LogP contribution in [0.3, 0.4) is 0 Å². The lowest BCUT2D eigenvalue weighted by Crippen LogP contribution is -2.68. The van der Waals surface area contributed by atoms with Gasteiger partial charge < -0.3 is 74.6 Å². The van der Waals surface area contributed by atoms with Crippen LogP contribution < -0.4 is 5.32 Å². The van der Waals surface area contributed by atoms with Crippen molar-refractivity contribution in [2.24, 2.45) is 56.7 Å². The topological polar surface area (TPSA) is 246 Å². The zero-order valence-corrected chi connectivity index (χ0v) is 44.7. The lowest BCUT2D eigenvalue weighted by atomic mass is 9.32. The second-order valence-electron chi connectivity index (χ2n) is 25.2. The Morgan fingerprint density at radius 1 is 0.699 bits per heavy atom. The van der Waals surface area contributed by atoms with Crippen LogP contribution in [0.25, 0.3) is 10.1 Å². The van der Waals surface area contributed by atoms with E-state index < -0.39 is 116 Å². The third-order valence-electron chi connectivity index (χ3n) is 21.5. The molecule has 0 radical (unpaired) electrons. The van der Waals surface area contributed by atoms with E-state index in [1.807, 2.05) is 6.07 Å². The van der Waals surface area contributed by atoms with Gasteiger partial charge in [0, 0.05) is 10.4 Å². The number of hydrogen-bond acceptors (Lipinski definition) is 16. The van der Waals surface area contributed by atoms with Gasteiger partial charge in [-0.3, -0.25) is 4.79 Å². The Morgan fingerprint density at radius 3 is 2.00 bits per heavy atom. The molecule has 8 aliphatic rings. The second-order valence-corrected chi connectivity index (χ2v) is 26.2. The molecule has 10 rings (SSSR count).